The molecule has 0 amide bonds. The number of unbranched alkanes of at least 4 members (excludes halogenated alkanes) is 2. The molecule has 34 heavy (non-hydrogen) atoms. The number of ether oxygens (including phenoxy) is 2. The molecule has 7 heteroatoms. The van der Waals surface area contributed by atoms with Crippen LogP contribution in [0.2, 0.25) is 0 Å². The van der Waals surface area contributed by atoms with Gasteiger partial charge in [0.1, 0.15) is 35.9 Å². The largest absolute Gasteiger partial charge is 0.507 e. The van der Waals surface area contributed by atoms with Crippen LogP contribution < -0.4 is 4.74 Å². The first-order chi connectivity index (χ1) is 16.2. The monoisotopic (exact) mass is 476 g/mol. The van der Waals surface area contributed by atoms with Crippen molar-refractivity contribution in [3.63, 3.8) is 0 Å². The van der Waals surface area contributed by atoms with Crippen LogP contribution in [-0.2, 0) is 11.2 Å². The van der Waals surface area contributed by atoms with Crippen molar-refractivity contribution in [1.82, 2.24) is 0 Å². The standard InChI is InChI=1S/C27H40O7/c1-5-6-7-8-17-12-20(29)23(19-11-16(4)9-10-18(19)15(2)3)21(13-17)33-27-26(32)25(31)24(30)22(14-28)34-27/h11-13,18-19,22,24-32H,2,5-10,14H2,1,3-4H3/t18?,19?,22-,24-,25+,26-,27-/m1/s1. The molecule has 0 spiro atoms. The van der Waals surface area contributed by atoms with Crippen LogP contribution in [0.1, 0.15) is 69.9 Å². The average molecular weight is 477 g/mol. The molecule has 0 aromatic heterocycles. The molecule has 1 aliphatic carbocycles. The quantitative estimate of drug-likeness (QED) is 0.274. The van der Waals surface area contributed by atoms with Crippen LogP contribution in [-0.4, -0.2) is 62.8 Å². The Balaban J connectivity index is 2.03. The van der Waals surface area contributed by atoms with Crippen molar-refractivity contribution in [2.75, 3.05) is 6.61 Å². The van der Waals surface area contributed by atoms with Crippen molar-refractivity contribution >= 4 is 0 Å². The normalized spacial score (nSPS) is 31.7. The van der Waals surface area contributed by atoms with Crippen molar-refractivity contribution in [2.24, 2.45) is 5.92 Å². The fourth-order valence-electron chi connectivity index (χ4n) is 5.02. The molecule has 2 aliphatic rings. The predicted molar refractivity (Wildman–Crippen MR) is 130 cm³/mol. The van der Waals surface area contributed by atoms with E-state index in [0.29, 0.717) is 11.3 Å². The average Bonchev–Trinajstić information content (AvgIpc) is 2.79. The zero-order valence-electron chi connectivity index (χ0n) is 20.5. The van der Waals surface area contributed by atoms with Crippen molar-refractivity contribution in [2.45, 2.75) is 95.9 Å². The Bertz CT molecular complexity index is 878. The number of hydrogen-bond acceptors (Lipinski definition) is 7. The third kappa shape index (κ3) is 5.83. The number of aliphatic hydroxyl groups is 4. The third-order valence-electron chi connectivity index (χ3n) is 7.05. The number of allylic oxidation sites excluding steroid dienone is 3. The maximum absolute atomic E-state index is 11.2. The second-order valence-corrected chi connectivity index (χ2v) is 9.83. The molecule has 0 saturated carbocycles. The first kappa shape index (κ1) is 26.7. The minimum Gasteiger partial charge on any atom is -0.507 e. The van der Waals surface area contributed by atoms with E-state index in [1.54, 1.807) is 6.07 Å². The van der Waals surface area contributed by atoms with Gasteiger partial charge in [-0.15, -0.1) is 0 Å². The molecule has 2 unspecified atom stereocenters. The van der Waals surface area contributed by atoms with Crippen LogP contribution in [0, 0.1) is 5.92 Å². The van der Waals surface area contributed by atoms with Gasteiger partial charge in [-0.3, -0.25) is 0 Å². The molecule has 7 atom stereocenters. The van der Waals surface area contributed by atoms with Gasteiger partial charge in [-0.1, -0.05) is 43.6 Å². The van der Waals surface area contributed by atoms with Crippen molar-refractivity contribution in [3.05, 3.63) is 47.1 Å². The summed E-state index contributed by atoms with van der Waals surface area (Å²) in [7, 11) is 0. The molecule has 1 aromatic carbocycles. The Hall–Kier alpha value is -1.90. The van der Waals surface area contributed by atoms with Gasteiger partial charge in [0, 0.05) is 11.5 Å². The highest BCUT2D eigenvalue weighted by Gasteiger charge is 2.45. The number of phenolic OH excluding ortho intramolecular Hbond substituents is 1. The van der Waals surface area contributed by atoms with E-state index < -0.39 is 37.3 Å². The van der Waals surface area contributed by atoms with E-state index in [4.69, 9.17) is 9.47 Å². The topological polar surface area (TPSA) is 120 Å². The SMILES string of the molecule is C=C(C)C1CCC(C)=CC1c1c(O)cc(CCCCC)cc1O[C@@H]1O[C@H](CO)[C@@H](O)[C@H](O)[C@H]1O. The molecule has 0 bridgehead atoms. The Labute approximate surface area is 202 Å². The Morgan fingerprint density at radius 2 is 1.88 bits per heavy atom. The molecule has 7 nitrogen and oxygen atoms in total. The Morgan fingerprint density at radius 1 is 1.15 bits per heavy atom. The molecule has 1 aromatic rings. The van der Waals surface area contributed by atoms with Crippen molar-refractivity contribution in [1.29, 1.82) is 0 Å². The number of aliphatic hydroxyl groups excluding tert-OH is 4. The number of phenols is 1. The van der Waals surface area contributed by atoms with Crippen LogP contribution >= 0.6 is 0 Å². The van der Waals surface area contributed by atoms with Gasteiger partial charge in [-0.05, 0) is 63.1 Å². The number of aryl methyl sites for hydroxylation is 1. The second kappa shape index (κ2) is 11.7. The van der Waals surface area contributed by atoms with Gasteiger partial charge in [0.15, 0.2) is 0 Å². The molecule has 1 heterocycles. The molecular weight excluding hydrogens is 436 g/mol. The van der Waals surface area contributed by atoms with Gasteiger partial charge in [-0.25, -0.2) is 0 Å². The van der Waals surface area contributed by atoms with Crippen LogP contribution in [0.4, 0.5) is 0 Å². The molecule has 5 N–H and O–H groups in total. The molecule has 1 aliphatic heterocycles. The molecule has 1 saturated heterocycles. The maximum Gasteiger partial charge on any atom is 0.229 e. The van der Waals surface area contributed by atoms with E-state index in [-0.39, 0.29) is 17.6 Å². The van der Waals surface area contributed by atoms with Gasteiger partial charge in [0.2, 0.25) is 6.29 Å². The molecule has 190 valence electrons. The van der Waals surface area contributed by atoms with Crippen LogP contribution in [0.15, 0.2) is 35.9 Å². The lowest BCUT2D eigenvalue weighted by Crippen LogP contribution is -2.60. The molecule has 0 radical (unpaired) electrons. The lowest BCUT2D eigenvalue weighted by atomic mass is 9.73. The lowest BCUT2D eigenvalue weighted by molar-refractivity contribution is -0.277. The number of rotatable bonds is 9. The van der Waals surface area contributed by atoms with E-state index >= 15 is 0 Å². The number of hydrogen-bond donors (Lipinski definition) is 5. The van der Waals surface area contributed by atoms with Gasteiger partial charge < -0.3 is 35.0 Å². The number of benzene rings is 1. The van der Waals surface area contributed by atoms with Gasteiger partial charge >= 0.3 is 0 Å². The summed E-state index contributed by atoms with van der Waals surface area (Å²) >= 11 is 0. The predicted octanol–water partition coefficient (Wildman–Crippen LogP) is 3.32. The minimum absolute atomic E-state index is 0.107. The van der Waals surface area contributed by atoms with Crippen molar-refractivity contribution in [3.8, 4) is 11.5 Å². The summed E-state index contributed by atoms with van der Waals surface area (Å²) in [4.78, 5) is 0. The summed E-state index contributed by atoms with van der Waals surface area (Å²) in [5.41, 5.74) is 3.72. The van der Waals surface area contributed by atoms with Gasteiger partial charge in [0.05, 0.1) is 6.61 Å². The van der Waals surface area contributed by atoms with E-state index in [1.807, 2.05) is 13.0 Å². The van der Waals surface area contributed by atoms with E-state index in [1.165, 1.54) is 5.57 Å². The Kier molecular flexibility index (Phi) is 9.18. The zero-order valence-corrected chi connectivity index (χ0v) is 20.5. The number of aromatic hydroxyl groups is 1. The summed E-state index contributed by atoms with van der Waals surface area (Å²) in [6, 6.07) is 3.64. The van der Waals surface area contributed by atoms with E-state index in [0.717, 1.165) is 49.7 Å². The summed E-state index contributed by atoms with van der Waals surface area (Å²) in [5, 5.41) is 51.6. The van der Waals surface area contributed by atoms with Crippen LogP contribution in [0.5, 0.6) is 11.5 Å². The fraction of sp³-hybridized carbons (Fsp3) is 0.630. The third-order valence-corrected chi connectivity index (χ3v) is 7.05. The smallest absolute Gasteiger partial charge is 0.229 e. The summed E-state index contributed by atoms with van der Waals surface area (Å²) in [6.45, 7) is 9.81. The lowest BCUT2D eigenvalue weighted by Gasteiger charge is -2.40. The summed E-state index contributed by atoms with van der Waals surface area (Å²) in [5.74, 6) is 0.405. The first-order valence-corrected chi connectivity index (χ1v) is 12.3. The van der Waals surface area contributed by atoms with Gasteiger partial charge in [-0.2, -0.15) is 0 Å². The highest BCUT2D eigenvalue weighted by molar-refractivity contribution is 5.52. The molecular formula is C27H40O7. The maximum atomic E-state index is 11.2. The Morgan fingerprint density at radius 3 is 2.53 bits per heavy atom. The minimum atomic E-state index is -1.54. The summed E-state index contributed by atoms with van der Waals surface area (Å²) in [6.07, 6.45) is 0.911. The summed E-state index contributed by atoms with van der Waals surface area (Å²) < 4.78 is 11.7. The van der Waals surface area contributed by atoms with Crippen LogP contribution in [0.25, 0.3) is 0 Å². The van der Waals surface area contributed by atoms with Crippen molar-refractivity contribution < 1.29 is 35.0 Å². The van der Waals surface area contributed by atoms with Crippen LogP contribution in [0.3, 0.4) is 0 Å². The highest BCUT2D eigenvalue weighted by atomic mass is 16.7. The second-order valence-electron chi connectivity index (χ2n) is 9.83. The highest BCUT2D eigenvalue weighted by Crippen LogP contribution is 2.47. The van der Waals surface area contributed by atoms with E-state index in [2.05, 4.69) is 26.5 Å². The molecule has 3 rings (SSSR count). The first-order valence-electron chi connectivity index (χ1n) is 12.3. The van der Waals surface area contributed by atoms with E-state index in [9.17, 15) is 25.5 Å². The fourth-order valence-corrected chi connectivity index (χ4v) is 5.02. The molecule has 1 fully saturated rings. The zero-order chi connectivity index (χ0) is 25.0. The van der Waals surface area contributed by atoms with Gasteiger partial charge in [0.25, 0.3) is 0 Å².